The summed E-state index contributed by atoms with van der Waals surface area (Å²) < 4.78 is 0. The summed E-state index contributed by atoms with van der Waals surface area (Å²) in [4.78, 5) is 0. The van der Waals surface area contributed by atoms with Crippen molar-refractivity contribution >= 4 is 0 Å². The van der Waals surface area contributed by atoms with Gasteiger partial charge in [-0.2, -0.15) is 0 Å². The predicted molar refractivity (Wildman–Crippen MR) is 40.5 cm³/mol. The number of nitrogens with one attached hydrogen (secondary N) is 1. The smallest absolute Gasteiger partial charge is 0.0164 e. The molecule has 0 aromatic carbocycles. The van der Waals surface area contributed by atoms with E-state index in [1.165, 1.54) is 24.8 Å². The lowest BCUT2D eigenvalue weighted by Gasteiger charge is -2.23. The zero-order valence-corrected chi connectivity index (χ0v) is 6.11. The zero-order valence-electron chi connectivity index (χ0n) is 6.11. The predicted octanol–water partition coefficient (Wildman–Crippen LogP) is 1.70. The summed E-state index contributed by atoms with van der Waals surface area (Å²) in [5.74, 6) is 0. The first-order valence-corrected chi connectivity index (χ1v) is 3.73. The normalized spacial score (nSPS) is 28.6. The van der Waals surface area contributed by atoms with Gasteiger partial charge >= 0.3 is 0 Å². The summed E-state index contributed by atoms with van der Waals surface area (Å²) in [6.07, 6.45) is 3.77. The first-order chi connectivity index (χ1) is 4.33. The Morgan fingerprint density at radius 1 is 1.78 bits per heavy atom. The minimum atomic E-state index is 0.760. The van der Waals surface area contributed by atoms with Crippen molar-refractivity contribution in [3.05, 3.63) is 12.2 Å². The van der Waals surface area contributed by atoms with Gasteiger partial charge in [-0.1, -0.05) is 19.1 Å². The molecule has 1 heteroatoms. The Balaban J connectivity index is 2.26. The van der Waals surface area contributed by atoms with Crippen molar-refractivity contribution in [2.24, 2.45) is 0 Å². The summed E-state index contributed by atoms with van der Waals surface area (Å²) in [6, 6.07) is 0.760. The minimum absolute atomic E-state index is 0.760. The van der Waals surface area contributed by atoms with Crippen molar-refractivity contribution in [1.29, 1.82) is 0 Å². The van der Waals surface area contributed by atoms with Crippen molar-refractivity contribution in [1.82, 2.24) is 5.32 Å². The molecule has 1 fully saturated rings. The topological polar surface area (TPSA) is 12.0 Å². The van der Waals surface area contributed by atoms with Crippen molar-refractivity contribution in [2.45, 2.75) is 32.2 Å². The van der Waals surface area contributed by atoms with Gasteiger partial charge in [0.25, 0.3) is 0 Å². The van der Waals surface area contributed by atoms with E-state index >= 15 is 0 Å². The number of hydrogen-bond acceptors (Lipinski definition) is 1. The molecule has 0 aromatic heterocycles. The molecule has 1 aliphatic rings. The highest BCUT2D eigenvalue weighted by atomic mass is 14.9. The molecule has 1 heterocycles. The first-order valence-electron chi connectivity index (χ1n) is 3.73. The Labute approximate surface area is 57.1 Å². The maximum Gasteiger partial charge on any atom is 0.0164 e. The highest BCUT2D eigenvalue weighted by molar-refractivity contribution is 5.01. The van der Waals surface area contributed by atoms with E-state index in [-0.39, 0.29) is 0 Å². The molecule has 0 aliphatic carbocycles. The molecule has 9 heavy (non-hydrogen) atoms. The molecular weight excluding hydrogens is 110 g/mol. The van der Waals surface area contributed by atoms with Crippen LogP contribution in [0.15, 0.2) is 12.2 Å². The van der Waals surface area contributed by atoms with Gasteiger partial charge < -0.3 is 5.32 Å². The van der Waals surface area contributed by atoms with E-state index in [0.29, 0.717) is 0 Å². The van der Waals surface area contributed by atoms with Crippen molar-refractivity contribution < 1.29 is 0 Å². The van der Waals surface area contributed by atoms with Crippen LogP contribution in [-0.2, 0) is 0 Å². The largest absolute Gasteiger partial charge is 0.310 e. The molecule has 0 spiro atoms. The average molecular weight is 125 g/mol. The Morgan fingerprint density at radius 2 is 2.56 bits per heavy atom. The van der Waals surface area contributed by atoms with E-state index in [4.69, 9.17) is 0 Å². The summed E-state index contributed by atoms with van der Waals surface area (Å²) in [5.41, 5.74) is 1.36. The molecule has 0 saturated carbocycles. The van der Waals surface area contributed by atoms with Crippen LogP contribution < -0.4 is 5.32 Å². The Morgan fingerprint density at radius 3 is 3.00 bits per heavy atom. The fraction of sp³-hybridized carbons (Fsp3) is 0.750. The van der Waals surface area contributed by atoms with Crippen molar-refractivity contribution in [3.63, 3.8) is 0 Å². The molecule has 1 rings (SSSR count). The van der Waals surface area contributed by atoms with Gasteiger partial charge in [0.2, 0.25) is 0 Å². The van der Waals surface area contributed by atoms with Crippen molar-refractivity contribution in [2.75, 3.05) is 6.54 Å². The van der Waals surface area contributed by atoms with Crippen LogP contribution in [-0.4, -0.2) is 12.6 Å². The molecule has 0 radical (unpaired) electrons. The third-order valence-electron chi connectivity index (χ3n) is 1.98. The first kappa shape index (κ1) is 6.81. The fourth-order valence-corrected chi connectivity index (χ4v) is 1.21. The van der Waals surface area contributed by atoms with Gasteiger partial charge in [-0.15, -0.1) is 0 Å². The van der Waals surface area contributed by atoms with Gasteiger partial charge in [0.1, 0.15) is 0 Å². The molecular formula is C8H15N. The summed E-state index contributed by atoms with van der Waals surface area (Å²) >= 11 is 0. The van der Waals surface area contributed by atoms with Gasteiger partial charge in [0, 0.05) is 12.6 Å². The van der Waals surface area contributed by atoms with Crippen LogP contribution in [0.1, 0.15) is 26.2 Å². The lowest BCUT2D eigenvalue weighted by molar-refractivity contribution is 0.445. The molecule has 0 amide bonds. The summed E-state index contributed by atoms with van der Waals surface area (Å²) in [7, 11) is 0. The number of hydrogen-bond donors (Lipinski definition) is 1. The second-order valence-corrected chi connectivity index (χ2v) is 2.77. The standard InChI is InChI=1S/C8H15N/c1-3-8-5-4-7(2)6-9-8/h8-9H,2-6H2,1H3. The average Bonchev–Trinajstić information content (AvgIpc) is 1.90. The Hall–Kier alpha value is -0.300. The highest BCUT2D eigenvalue weighted by Crippen LogP contribution is 2.12. The van der Waals surface area contributed by atoms with Gasteiger partial charge in [0.15, 0.2) is 0 Å². The SMILES string of the molecule is C=C1CCC(CC)NC1. The highest BCUT2D eigenvalue weighted by Gasteiger charge is 2.11. The molecule has 1 nitrogen and oxygen atoms in total. The lowest BCUT2D eigenvalue weighted by atomic mass is 10.00. The van der Waals surface area contributed by atoms with Crippen LogP contribution >= 0.6 is 0 Å². The van der Waals surface area contributed by atoms with Gasteiger partial charge in [-0.3, -0.25) is 0 Å². The van der Waals surface area contributed by atoms with Crippen LogP contribution in [0.25, 0.3) is 0 Å². The van der Waals surface area contributed by atoms with Crippen LogP contribution in [0, 0.1) is 0 Å². The Kier molecular flexibility index (Phi) is 2.29. The maximum atomic E-state index is 3.92. The van der Waals surface area contributed by atoms with E-state index in [1.54, 1.807) is 0 Å². The second kappa shape index (κ2) is 3.02. The number of rotatable bonds is 1. The lowest BCUT2D eigenvalue weighted by Crippen LogP contribution is -2.34. The van der Waals surface area contributed by atoms with Crippen molar-refractivity contribution in [3.8, 4) is 0 Å². The van der Waals surface area contributed by atoms with E-state index in [9.17, 15) is 0 Å². The quantitative estimate of drug-likeness (QED) is 0.526. The van der Waals surface area contributed by atoms with Gasteiger partial charge in [0.05, 0.1) is 0 Å². The second-order valence-electron chi connectivity index (χ2n) is 2.77. The third kappa shape index (κ3) is 1.83. The van der Waals surface area contributed by atoms with E-state index in [0.717, 1.165) is 12.6 Å². The van der Waals surface area contributed by atoms with Gasteiger partial charge in [-0.05, 0) is 19.3 Å². The molecule has 52 valence electrons. The number of piperidine rings is 1. The van der Waals surface area contributed by atoms with Crippen LogP contribution in [0.5, 0.6) is 0 Å². The third-order valence-corrected chi connectivity index (χ3v) is 1.98. The fourth-order valence-electron chi connectivity index (χ4n) is 1.21. The van der Waals surface area contributed by atoms with E-state index < -0.39 is 0 Å². The van der Waals surface area contributed by atoms with Gasteiger partial charge in [-0.25, -0.2) is 0 Å². The van der Waals surface area contributed by atoms with Crippen LogP contribution in [0.3, 0.4) is 0 Å². The zero-order chi connectivity index (χ0) is 6.69. The minimum Gasteiger partial charge on any atom is -0.310 e. The molecule has 1 unspecified atom stereocenters. The van der Waals surface area contributed by atoms with Crippen LogP contribution in [0.2, 0.25) is 0 Å². The molecule has 0 aromatic rings. The Bertz CT molecular complexity index is 97.1. The van der Waals surface area contributed by atoms with E-state index in [2.05, 4.69) is 18.8 Å². The molecule has 1 saturated heterocycles. The molecule has 1 atom stereocenters. The summed E-state index contributed by atoms with van der Waals surface area (Å²) in [5, 5.41) is 3.42. The molecule has 1 N–H and O–H groups in total. The van der Waals surface area contributed by atoms with E-state index in [1.807, 2.05) is 0 Å². The summed E-state index contributed by atoms with van der Waals surface area (Å²) in [6.45, 7) is 7.19. The monoisotopic (exact) mass is 125 g/mol. The van der Waals surface area contributed by atoms with Crippen LogP contribution in [0.4, 0.5) is 0 Å². The maximum absolute atomic E-state index is 3.92. The molecule has 0 bridgehead atoms. The molecule has 1 aliphatic heterocycles.